The molecule has 13 heavy (non-hydrogen) atoms. The molecule has 72 valence electrons. The fourth-order valence-corrected chi connectivity index (χ4v) is 1.16. The zero-order chi connectivity index (χ0) is 10.0. The van der Waals surface area contributed by atoms with E-state index in [-0.39, 0.29) is 5.91 Å². The van der Waals surface area contributed by atoms with Gasteiger partial charge in [-0.3, -0.25) is 19.7 Å². The van der Waals surface area contributed by atoms with Crippen molar-refractivity contribution in [1.82, 2.24) is 10.2 Å². The second-order valence-electron chi connectivity index (χ2n) is 3.06. The first-order valence-corrected chi connectivity index (χ1v) is 4.13. The van der Waals surface area contributed by atoms with Gasteiger partial charge < -0.3 is 4.90 Å². The predicted octanol–water partition coefficient (Wildman–Crippen LogP) is -0.730. The minimum absolute atomic E-state index is 0.0359. The molecule has 0 saturated carbocycles. The third-order valence-electron chi connectivity index (χ3n) is 2.03. The lowest BCUT2D eigenvalue weighted by Gasteiger charge is -2.35. The molecule has 3 amide bonds. The Kier molecular flexibility index (Phi) is 2.65. The van der Waals surface area contributed by atoms with Crippen LogP contribution in [0.3, 0.4) is 0 Å². The van der Waals surface area contributed by atoms with Crippen LogP contribution in [0.1, 0.15) is 20.3 Å². The second kappa shape index (κ2) is 3.55. The summed E-state index contributed by atoms with van der Waals surface area (Å²) in [5.41, 5.74) is 0. The van der Waals surface area contributed by atoms with Crippen LogP contribution in [-0.4, -0.2) is 35.2 Å². The molecule has 1 unspecified atom stereocenters. The quantitative estimate of drug-likeness (QED) is 0.575. The van der Waals surface area contributed by atoms with E-state index < -0.39 is 17.9 Å². The van der Waals surface area contributed by atoms with Gasteiger partial charge >= 0.3 is 0 Å². The van der Waals surface area contributed by atoms with Gasteiger partial charge in [-0.05, 0) is 6.92 Å². The molecule has 0 bridgehead atoms. The Morgan fingerprint density at radius 3 is 2.46 bits per heavy atom. The Morgan fingerprint density at radius 1 is 1.54 bits per heavy atom. The van der Waals surface area contributed by atoms with Gasteiger partial charge in [-0.15, -0.1) is 0 Å². The Bertz CT molecular complexity index is 262. The zero-order valence-electron chi connectivity index (χ0n) is 7.66. The number of rotatable bonds is 2. The van der Waals surface area contributed by atoms with Gasteiger partial charge in [0.15, 0.2) is 0 Å². The van der Waals surface area contributed by atoms with Crippen LogP contribution in [0, 0.1) is 0 Å². The molecular weight excluding hydrogens is 172 g/mol. The van der Waals surface area contributed by atoms with Crippen LogP contribution >= 0.6 is 0 Å². The number of amides is 3. The van der Waals surface area contributed by atoms with Gasteiger partial charge in [0, 0.05) is 19.9 Å². The Morgan fingerprint density at radius 2 is 2.15 bits per heavy atom. The van der Waals surface area contributed by atoms with Gasteiger partial charge in [-0.2, -0.15) is 0 Å². The average molecular weight is 184 g/mol. The van der Waals surface area contributed by atoms with Gasteiger partial charge in [0.25, 0.3) is 0 Å². The van der Waals surface area contributed by atoms with Gasteiger partial charge in [0.1, 0.15) is 6.04 Å². The normalized spacial score (nSPS) is 17.7. The molecule has 1 aliphatic rings. The predicted molar refractivity (Wildman–Crippen MR) is 44.6 cm³/mol. The van der Waals surface area contributed by atoms with Crippen molar-refractivity contribution in [3.8, 4) is 0 Å². The molecule has 1 fully saturated rings. The Balaban J connectivity index is 2.47. The lowest BCUT2D eigenvalue weighted by Crippen LogP contribution is -2.55. The highest BCUT2D eigenvalue weighted by Crippen LogP contribution is 2.12. The first-order valence-electron chi connectivity index (χ1n) is 4.13. The topological polar surface area (TPSA) is 66.5 Å². The number of likely N-dealkylation sites (tertiary alicyclic amines) is 1. The molecular formula is C8H12N2O3. The van der Waals surface area contributed by atoms with Crippen LogP contribution in [0.15, 0.2) is 0 Å². The monoisotopic (exact) mass is 184 g/mol. The number of β-lactam (4-membered cyclic amide) rings is 1. The molecule has 1 saturated heterocycles. The van der Waals surface area contributed by atoms with E-state index >= 15 is 0 Å². The number of nitrogens with zero attached hydrogens (tertiary/aromatic N) is 1. The Labute approximate surface area is 76.1 Å². The maximum absolute atomic E-state index is 11.2. The molecule has 1 heterocycles. The van der Waals surface area contributed by atoms with Crippen LogP contribution in [0.2, 0.25) is 0 Å². The lowest BCUT2D eigenvalue weighted by molar-refractivity contribution is -0.149. The van der Waals surface area contributed by atoms with Crippen molar-refractivity contribution in [2.45, 2.75) is 26.3 Å². The number of carbonyl (C=O) groups excluding carboxylic acids is 3. The molecule has 1 rings (SSSR count). The summed E-state index contributed by atoms with van der Waals surface area (Å²) in [4.78, 5) is 34.1. The summed E-state index contributed by atoms with van der Waals surface area (Å²) in [6.07, 6.45) is 0.498. The van der Waals surface area contributed by atoms with Gasteiger partial charge in [0.2, 0.25) is 17.7 Å². The SMILES string of the molecule is CC(=O)NC(=O)C(C)N1CCC1=O. The van der Waals surface area contributed by atoms with E-state index in [9.17, 15) is 14.4 Å². The molecule has 1 atom stereocenters. The van der Waals surface area contributed by atoms with Crippen LogP contribution in [0.25, 0.3) is 0 Å². The highest BCUT2D eigenvalue weighted by molar-refractivity contribution is 5.98. The van der Waals surface area contributed by atoms with Crippen molar-refractivity contribution in [3.63, 3.8) is 0 Å². The van der Waals surface area contributed by atoms with Crippen molar-refractivity contribution in [1.29, 1.82) is 0 Å². The molecule has 1 aliphatic heterocycles. The van der Waals surface area contributed by atoms with E-state index in [2.05, 4.69) is 5.32 Å². The van der Waals surface area contributed by atoms with Crippen LogP contribution in [0.4, 0.5) is 0 Å². The van der Waals surface area contributed by atoms with E-state index in [0.717, 1.165) is 0 Å². The van der Waals surface area contributed by atoms with Crippen molar-refractivity contribution < 1.29 is 14.4 Å². The molecule has 0 aromatic rings. The number of imide groups is 1. The van der Waals surface area contributed by atoms with Crippen molar-refractivity contribution in [3.05, 3.63) is 0 Å². The van der Waals surface area contributed by atoms with Crippen molar-refractivity contribution >= 4 is 17.7 Å². The van der Waals surface area contributed by atoms with Gasteiger partial charge in [-0.1, -0.05) is 0 Å². The molecule has 0 radical (unpaired) electrons. The molecule has 0 aromatic carbocycles. The third kappa shape index (κ3) is 2.05. The number of hydrogen-bond acceptors (Lipinski definition) is 3. The summed E-state index contributed by atoms with van der Waals surface area (Å²) in [5.74, 6) is -0.850. The molecule has 1 N–H and O–H groups in total. The average Bonchev–Trinajstić information content (AvgIpc) is 2.00. The van der Waals surface area contributed by atoms with Gasteiger partial charge in [0.05, 0.1) is 0 Å². The molecule has 0 spiro atoms. The van der Waals surface area contributed by atoms with E-state index in [0.29, 0.717) is 13.0 Å². The standard InChI is InChI=1S/C8H12N2O3/c1-5(8(13)9-6(2)11)10-4-3-7(10)12/h5H,3-4H2,1-2H3,(H,9,11,13). The largest absolute Gasteiger partial charge is 0.330 e. The maximum atomic E-state index is 11.2. The smallest absolute Gasteiger partial charge is 0.249 e. The van der Waals surface area contributed by atoms with Crippen molar-refractivity contribution in [2.24, 2.45) is 0 Å². The summed E-state index contributed by atoms with van der Waals surface area (Å²) in [6.45, 7) is 3.48. The number of nitrogens with one attached hydrogen (secondary N) is 1. The molecule has 5 nitrogen and oxygen atoms in total. The summed E-state index contributed by atoms with van der Waals surface area (Å²) < 4.78 is 0. The Hall–Kier alpha value is -1.39. The minimum atomic E-state index is -0.537. The summed E-state index contributed by atoms with van der Waals surface area (Å²) in [7, 11) is 0. The molecule has 5 heteroatoms. The van der Waals surface area contributed by atoms with Crippen LogP contribution in [-0.2, 0) is 14.4 Å². The summed E-state index contributed by atoms with van der Waals surface area (Å²) in [5, 5.41) is 2.14. The third-order valence-corrected chi connectivity index (χ3v) is 2.03. The fourth-order valence-electron chi connectivity index (χ4n) is 1.16. The highest BCUT2D eigenvalue weighted by atomic mass is 16.2. The summed E-state index contributed by atoms with van der Waals surface area (Å²) >= 11 is 0. The van der Waals surface area contributed by atoms with Crippen molar-refractivity contribution in [2.75, 3.05) is 6.54 Å². The minimum Gasteiger partial charge on any atom is -0.330 e. The zero-order valence-corrected chi connectivity index (χ0v) is 7.66. The van der Waals surface area contributed by atoms with E-state index in [1.54, 1.807) is 6.92 Å². The second-order valence-corrected chi connectivity index (χ2v) is 3.06. The highest BCUT2D eigenvalue weighted by Gasteiger charge is 2.32. The number of carbonyl (C=O) groups is 3. The summed E-state index contributed by atoms with van der Waals surface area (Å²) in [6, 6.07) is -0.537. The van der Waals surface area contributed by atoms with Crippen LogP contribution < -0.4 is 5.32 Å². The number of hydrogen-bond donors (Lipinski definition) is 1. The van der Waals surface area contributed by atoms with E-state index in [1.165, 1.54) is 11.8 Å². The first kappa shape index (κ1) is 9.70. The molecule has 0 aliphatic carbocycles. The van der Waals surface area contributed by atoms with E-state index in [4.69, 9.17) is 0 Å². The fraction of sp³-hybridized carbons (Fsp3) is 0.625. The van der Waals surface area contributed by atoms with Crippen LogP contribution in [0.5, 0.6) is 0 Å². The molecule has 0 aromatic heterocycles. The van der Waals surface area contributed by atoms with Gasteiger partial charge in [-0.25, -0.2) is 0 Å². The van der Waals surface area contributed by atoms with E-state index in [1.807, 2.05) is 0 Å². The maximum Gasteiger partial charge on any atom is 0.249 e. The lowest BCUT2D eigenvalue weighted by atomic mass is 10.1. The first-order chi connectivity index (χ1) is 6.02.